The van der Waals surface area contributed by atoms with Gasteiger partial charge in [-0.15, -0.1) is 0 Å². The van der Waals surface area contributed by atoms with E-state index >= 15 is 0 Å². The fourth-order valence-corrected chi connectivity index (χ4v) is 2.96. The summed E-state index contributed by atoms with van der Waals surface area (Å²) in [7, 11) is 0. The van der Waals surface area contributed by atoms with E-state index < -0.39 is 4.92 Å². The lowest BCUT2D eigenvalue weighted by atomic mass is 10.1. The van der Waals surface area contributed by atoms with Crippen LogP contribution in [0.3, 0.4) is 0 Å². The van der Waals surface area contributed by atoms with Gasteiger partial charge in [0.25, 0.3) is 5.69 Å². The molecular formula is C18H11BrN4O2. The van der Waals surface area contributed by atoms with Gasteiger partial charge in [-0.3, -0.25) is 10.1 Å². The van der Waals surface area contributed by atoms with Crippen molar-refractivity contribution in [1.29, 1.82) is 0 Å². The van der Waals surface area contributed by atoms with Crippen LogP contribution in [0.25, 0.3) is 28.0 Å². The third-order valence-corrected chi connectivity index (χ3v) is 4.46. The van der Waals surface area contributed by atoms with Gasteiger partial charge >= 0.3 is 0 Å². The molecule has 0 atom stereocenters. The summed E-state index contributed by atoms with van der Waals surface area (Å²) in [6.07, 6.45) is 3.50. The van der Waals surface area contributed by atoms with Crippen LogP contribution in [0, 0.1) is 10.1 Å². The molecule has 25 heavy (non-hydrogen) atoms. The third-order valence-electron chi connectivity index (χ3n) is 3.93. The Morgan fingerprint density at radius 1 is 0.960 bits per heavy atom. The summed E-state index contributed by atoms with van der Waals surface area (Å²) < 4.78 is 2.76. The van der Waals surface area contributed by atoms with Crippen molar-refractivity contribution in [3.8, 4) is 22.4 Å². The van der Waals surface area contributed by atoms with Crippen molar-refractivity contribution in [2.75, 3.05) is 0 Å². The molecule has 0 saturated carbocycles. The fourth-order valence-electron chi connectivity index (χ4n) is 2.70. The predicted octanol–water partition coefficient (Wildman–Crippen LogP) is 4.73. The van der Waals surface area contributed by atoms with Gasteiger partial charge in [0.05, 0.1) is 16.8 Å². The number of halogens is 1. The lowest BCUT2D eigenvalue weighted by molar-refractivity contribution is -0.384. The average Bonchev–Trinajstić information content (AvgIpc) is 3.06. The van der Waals surface area contributed by atoms with Crippen molar-refractivity contribution in [2.45, 2.75) is 0 Å². The minimum absolute atomic E-state index is 0.0602. The van der Waals surface area contributed by atoms with Gasteiger partial charge in [-0.2, -0.15) is 5.10 Å². The maximum Gasteiger partial charge on any atom is 0.269 e. The Labute approximate surface area is 151 Å². The molecule has 2 aromatic heterocycles. The van der Waals surface area contributed by atoms with Crippen molar-refractivity contribution >= 4 is 27.3 Å². The maximum absolute atomic E-state index is 10.8. The van der Waals surface area contributed by atoms with Gasteiger partial charge in [0, 0.05) is 33.9 Å². The van der Waals surface area contributed by atoms with Crippen LogP contribution in [0.2, 0.25) is 0 Å². The molecule has 4 rings (SSSR count). The monoisotopic (exact) mass is 394 g/mol. The second kappa shape index (κ2) is 6.10. The molecule has 4 aromatic rings. The van der Waals surface area contributed by atoms with E-state index in [1.54, 1.807) is 29.0 Å². The number of nitro benzene ring substituents is 1. The van der Waals surface area contributed by atoms with Crippen molar-refractivity contribution in [1.82, 2.24) is 14.6 Å². The van der Waals surface area contributed by atoms with E-state index in [1.165, 1.54) is 12.1 Å². The Morgan fingerprint density at radius 2 is 1.64 bits per heavy atom. The number of hydrogen-bond acceptors (Lipinski definition) is 4. The minimum Gasteiger partial charge on any atom is -0.258 e. The van der Waals surface area contributed by atoms with Crippen LogP contribution >= 0.6 is 15.9 Å². The summed E-state index contributed by atoms with van der Waals surface area (Å²) in [4.78, 5) is 14.9. The van der Waals surface area contributed by atoms with Gasteiger partial charge in [0.2, 0.25) is 0 Å². The Bertz CT molecular complexity index is 1070. The summed E-state index contributed by atoms with van der Waals surface area (Å²) in [6, 6.07) is 16.2. The Kier molecular flexibility index (Phi) is 3.77. The lowest BCUT2D eigenvalue weighted by Crippen LogP contribution is -1.96. The van der Waals surface area contributed by atoms with Gasteiger partial charge < -0.3 is 0 Å². The molecule has 0 amide bonds. The van der Waals surface area contributed by atoms with E-state index in [-0.39, 0.29) is 5.69 Å². The molecule has 0 spiro atoms. The first kappa shape index (κ1) is 15.5. The van der Waals surface area contributed by atoms with Gasteiger partial charge in [-0.05, 0) is 35.9 Å². The summed E-state index contributed by atoms with van der Waals surface area (Å²) in [5, 5.41) is 15.3. The fraction of sp³-hybridized carbons (Fsp3) is 0. The number of nitro groups is 1. The first-order valence-corrected chi connectivity index (χ1v) is 8.26. The van der Waals surface area contributed by atoms with Gasteiger partial charge in [0.1, 0.15) is 0 Å². The standard InChI is InChI=1S/C18H11BrN4O2/c19-14-5-1-12(2-6-14)16-11-21-22-17(9-10-20-18(16)22)13-3-7-15(8-4-13)23(24)25/h1-11H. The number of aromatic nitrogens is 3. The second-order valence-electron chi connectivity index (χ2n) is 5.43. The zero-order chi connectivity index (χ0) is 17.4. The molecule has 0 radical (unpaired) electrons. The smallest absolute Gasteiger partial charge is 0.258 e. The predicted molar refractivity (Wildman–Crippen MR) is 98.2 cm³/mol. The van der Waals surface area contributed by atoms with E-state index in [0.29, 0.717) is 0 Å². The molecule has 0 bridgehead atoms. The lowest BCUT2D eigenvalue weighted by Gasteiger charge is -2.05. The van der Waals surface area contributed by atoms with Crippen LogP contribution in [0.1, 0.15) is 0 Å². The van der Waals surface area contributed by atoms with E-state index in [2.05, 4.69) is 26.0 Å². The Balaban J connectivity index is 1.84. The van der Waals surface area contributed by atoms with Gasteiger partial charge in [0.15, 0.2) is 5.65 Å². The largest absolute Gasteiger partial charge is 0.269 e. The van der Waals surface area contributed by atoms with Gasteiger partial charge in [-0.25, -0.2) is 9.50 Å². The Hall–Kier alpha value is -3.06. The number of fused-ring (bicyclic) bond motifs is 1. The highest BCUT2D eigenvalue weighted by molar-refractivity contribution is 9.10. The molecule has 122 valence electrons. The SMILES string of the molecule is O=[N+]([O-])c1ccc(-c2ccnc3c(-c4ccc(Br)cc4)cnn23)cc1. The minimum atomic E-state index is -0.411. The first-order chi connectivity index (χ1) is 12.1. The summed E-state index contributed by atoms with van der Waals surface area (Å²) >= 11 is 3.43. The number of rotatable bonds is 3. The van der Waals surface area contributed by atoms with Crippen LogP contribution in [-0.4, -0.2) is 19.5 Å². The molecule has 0 N–H and O–H groups in total. The molecule has 6 nitrogen and oxygen atoms in total. The van der Waals surface area contributed by atoms with Crippen LogP contribution in [0.15, 0.2) is 71.5 Å². The zero-order valence-corrected chi connectivity index (χ0v) is 14.4. The second-order valence-corrected chi connectivity index (χ2v) is 6.35. The van der Waals surface area contributed by atoms with Crippen molar-refractivity contribution < 1.29 is 4.92 Å². The van der Waals surface area contributed by atoms with Gasteiger partial charge in [-0.1, -0.05) is 28.1 Å². The highest BCUT2D eigenvalue weighted by Crippen LogP contribution is 2.28. The van der Waals surface area contributed by atoms with E-state index in [4.69, 9.17) is 0 Å². The molecular weight excluding hydrogens is 384 g/mol. The van der Waals surface area contributed by atoms with Crippen LogP contribution < -0.4 is 0 Å². The average molecular weight is 395 g/mol. The van der Waals surface area contributed by atoms with E-state index in [1.807, 2.05) is 30.3 Å². The molecule has 2 heterocycles. The molecule has 2 aromatic carbocycles. The van der Waals surface area contributed by atoms with Crippen LogP contribution in [0.4, 0.5) is 5.69 Å². The number of hydrogen-bond donors (Lipinski definition) is 0. The van der Waals surface area contributed by atoms with Crippen molar-refractivity contribution in [3.05, 3.63) is 81.6 Å². The highest BCUT2D eigenvalue weighted by Gasteiger charge is 2.13. The topological polar surface area (TPSA) is 73.3 Å². The zero-order valence-electron chi connectivity index (χ0n) is 12.8. The van der Waals surface area contributed by atoms with Crippen LogP contribution in [-0.2, 0) is 0 Å². The number of non-ortho nitro benzene ring substituents is 1. The maximum atomic E-state index is 10.8. The summed E-state index contributed by atoms with van der Waals surface area (Å²) in [5.74, 6) is 0. The highest BCUT2D eigenvalue weighted by atomic mass is 79.9. The third kappa shape index (κ3) is 2.78. The molecule has 0 aliphatic heterocycles. The molecule has 0 unspecified atom stereocenters. The molecule has 7 heteroatoms. The normalized spacial score (nSPS) is 10.9. The summed E-state index contributed by atoms with van der Waals surface area (Å²) in [6.45, 7) is 0. The van der Waals surface area contributed by atoms with Crippen molar-refractivity contribution in [2.24, 2.45) is 0 Å². The van der Waals surface area contributed by atoms with Crippen LogP contribution in [0.5, 0.6) is 0 Å². The quantitative estimate of drug-likeness (QED) is 0.371. The molecule has 0 aliphatic rings. The Morgan fingerprint density at radius 3 is 2.32 bits per heavy atom. The first-order valence-electron chi connectivity index (χ1n) is 7.47. The molecule has 0 saturated heterocycles. The molecule has 0 aliphatic carbocycles. The number of nitrogens with zero attached hydrogens (tertiary/aromatic N) is 4. The van der Waals surface area contributed by atoms with E-state index in [9.17, 15) is 10.1 Å². The van der Waals surface area contributed by atoms with Crippen molar-refractivity contribution in [3.63, 3.8) is 0 Å². The number of benzene rings is 2. The summed E-state index contributed by atoms with van der Waals surface area (Å²) in [5.41, 5.74) is 4.40. The van der Waals surface area contributed by atoms with E-state index in [0.717, 1.165) is 32.5 Å². The molecule has 0 fully saturated rings.